The van der Waals surface area contributed by atoms with Gasteiger partial charge in [-0.3, -0.25) is 30.6 Å². The molecule has 9 nitrogen and oxygen atoms in total. The Kier molecular flexibility index (Phi) is 7.37. The number of carbonyl (C=O) groups excluding carboxylic acids is 2. The first kappa shape index (κ1) is 22.3. The fourth-order valence-electron chi connectivity index (χ4n) is 2.74. The fraction of sp³-hybridized carbons (Fsp3) is 0.130. The zero-order valence-corrected chi connectivity index (χ0v) is 17.2. The zero-order chi connectivity index (χ0) is 22.9. The van der Waals surface area contributed by atoms with Gasteiger partial charge in [0, 0.05) is 6.07 Å². The van der Waals surface area contributed by atoms with E-state index in [2.05, 4.69) is 10.9 Å². The first-order chi connectivity index (χ1) is 15.4. The zero-order valence-electron chi connectivity index (χ0n) is 17.2. The Morgan fingerprint density at radius 3 is 2.22 bits per heavy atom. The van der Waals surface area contributed by atoms with E-state index < -0.39 is 22.8 Å². The molecule has 32 heavy (non-hydrogen) atoms. The minimum Gasteiger partial charge on any atom is -0.484 e. The molecule has 0 heterocycles. The van der Waals surface area contributed by atoms with Crippen LogP contribution in [0.2, 0.25) is 0 Å². The van der Waals surface area contributed by atoms with Gasteiger partial charge >= 0.3 is 5.69 Å². The van der Waals surface area contributed by atoms with E-state index in [4.69, 9.17) is 9.47 Å². The summed E-state index contributed by atoms with van der Waals surface area (Å²) in [4.78, 5) is 34.5. The van der Waals surface area contributed by atoms with Crippen LogP contribution in [0.15, 0.2) is 78.9 Å². The van der Waals surface area contributed by atoms with Gasteiger partial charge in [0.05, 0.1) is 4.92 Å². The normalized spacial score (nSPS) is 11.2. The predicted molar refractivity (Wildman–Crippen MR) is 117 cm³/mol. The number of amides is 2. The number of hydrogen-bond acceptors (Lipinski definition) is 6. The van der Waals surface area contributed by atoms with E-state index in [0.717, 1.165) is 11.1 Å². The topological polar surface area (TPSA) is 120 Å². The van der Waals surface area contributed by atoms with Crippen LogP contribution in [0.5, 0.6) is 11.5 Å². The van der Waals surface area contributed by atoms with Crippen LogP contribution >= 0.6 is 0 Å². The number of benzene rings is 3. The first-order valence-electron chi connectivity index (χ1n) is 9.71. The molecular weight excluding hydrogens is 414 g/mol. The van der Waals surface area contributed by atoms with Crippen LogP contribution in [0.3, 0.4) is 0 Å². The Bertz CT molecular complexity index is 1090. The molecule has 0 fully saturated rings. The van der Waals surface area contributed by atoms with Gasteiger partial charge in [-0.05, 0) is 36.2 Å². The van der Waals surface area contributed by atoms with Gasteiger partial charge in [-0.25, -0.2) is 0 Å². The van der Waals surface area contributed by atoms with E-state index >= 15 is 0 Å². The van der Waals surface area contributed by atoms with Crippen LogP contribution in [0.4, 0.5) is 5.69 Å². The highest BCUT2D eigenvalue weighted by Crippen LogP contribution is 2.26. The average Bonchev–Trinajstić information content (AvgIpc) is 2.82. The van der Waals surface area contributed by atoms with Gasteiger partial charge in [-0.2, -0.15) is 0 Å². The van der Waals surface area contributed by atoms with E-state index in [0.29, 0.717) is 5.75 Å². The lowest BCUT2D eigenvalue weighted by Crippen LogP contribution is -2.48. The van der Waals surface area contributed by atoms with E-state index in [1.54, 1.807) is 18.2 Å². The third-order valence-corrected chi connectivity index (χ3v) is 4.39. The van der Waals surface area contributed by atoms with Gasteiger partial charge in [0.2, 0.25) is 0 Å². The van der Waals surface area contributed by atoms with E-state index in [1.807, 2.05) is 42.5 Å². The van der Waals surface area contributed by atoms with Crippen molar-refractivity contribution in [3.63, 3.8) is 0 Å². The molecule has 0 aliphatic carbocycles. The van der Waals surface area contributed by atoms with Crippen molar-refractivity contribution in [3.8, 4) is 22.6 Å². The Morgan fingerprint density at radius 2 is 1.53 bits per heavy atom. The number of nitrogens with zero attached hydrogens (tertiary/aromatic N) is 1. The third kappa shape index (κ3) is 6.05. The summed E-state index contributed by atoms with van der Waals surface area (Å²) in [5.74, 6) is -0.805. The second-order valence-electron chi connectivity index (χ2n) is 6.70. The smallest absolute Gasteiger partial charge is 0.310 e. The molecule has 0 aromatic heterocycles. The molecule has 164 valence electrons. The van der Waals surface area contributed by atoms with Crippen molar-refractivity contribution in [1.29, 1.82) is 0 Å². The SMILES string of the molecule is CC(Oc1ccccc1[N+](=O)[O-])C(=O)NNC(=O)COc1ccc(-c2ccccc2)cc1. The summed E-state index contributed by atoms with van der Waals surface area (Å²) in [6.45, 7) is 1.09. The molecule has 0 bridgehead atoms. The minimum atomic E-state index is -1.08. The fourth-order valence-corrected chi connectivity index (χ4v) is 2.74. The van der Waals surface area contributed by atoms with Crippen LogP contribution < -0.4 is 20.3 Å². The van der Waals surface area contributed by atoms with Crippen molar-refractivity contribution in [2.45, 2.75) is 13.0 Å². The molecule has 1 unspecified atom stereocenters. The van der Waals surface area contributed by atoms with Gasteiger partial charge in [-0.1, -0.05) is 54.6 Å². The molecule has 9 heteroatoms. The van der Waals surface area contributed by atoms with Crippen molar-refractivity contribution >= 4 is 17.5 Å². The summed E-state index contributed by atoms with van der Waals surface area (Å²) in [7, 11) is 0. The van der Waals surface area contributed by atoms with Gasteiger partial charge in [0.15, 0.2) is 18.5 Å². The van der Waals surface area contributed by atoms with E-state index in [9.17, 15) is 19.7 Å². The summed E-state index contributed by atoms with van der Waals surface area (Å²) in [6.07, 6.45) is -1.08. The maximum absolute atomic E-state index is 12.1. The summed E-state index contributed by atoms with van der Waals surface area (Å²) < 4.78 is 10.8. The molecule has 2 amide bonds. The number of nitro groups is 1. The molecule has 3 rings (SSSR count). The monoisotopic (exact) mass is 435 g/mol. The third-order valence-electron chi connectivity index (χ3n) is 4.39. The maximum Gasteiger partial charge on any atom is 0.310 e. The summed E-state index contributed by atoms with van der Waals surface area (Å²) >= 11 is 0. The lowest BCUT2D eigenvalue weighted by molar-refractivity contribution is -0.386. The molecule has 1 atom stereocenters. The number of nitrogens with one attached hydrogen (secondary N) is 2. The quantitative estimate of drug-likeness (QED) is 0.414. The summed E-state index contributed by atoms with van der Waals surface area (Å²) in [5, 5.41) is 11.0. The van der Waals surface area contributed by atoms with Crippen molar-refractivity contribution in [2.75, 3.05) is 6.61 Å². The largest absolute Gasteiger partial charge is 0.484 e. The number of para-hydroxylation sites is 2. The Morgan fingerprint density at radius 1 is 0.906 bits per heavy atom. The summed E-state index contributed by atoms with van der Waals surface area (Å²) in [5.41, 5.74) is 6.24. The van der Waals surface area contributed by atoms with E-state index in [-0.39, 0.29) is 18.0 Å². The van der Waals surface area contributed by atoms with Crippen molar-refractivity contribution in [1.82, 2.24) is 10.9 Å². The molecule has 0 spiro atoms. The lowest BCUT2D eigenvalue weighted by atomic mass is 10.1. The van der Waals surface area contributed by atoms with Crippen LogP contribution in [-0.4, -0.2) is 29.4 Å². The molecule has 0 saturated heterocycles. The molecule has 2 N–H and O–H groups in total. The van der Waals surface area contributed by atoms with Gasteiger partial charge < -0.3 is 9.47 Å². The van der Waals surface area contributed by atoms with Gasteiger partial charge in [0.25, 0.3) is 11.8 Å². The Balaban J connectivity index is 1.44. The van der Waals surface area contributed by atoms with Crippen LogP contribution in [0.25, 0.3) is 11.1 Å². The maximum atomic E-state index is 12.1. The molecular formula is C23H21N3O6. The lowest BCUT2D eigenvalue weighted by Gasteiger charge is -2.15. The van der Waals surface area contributed by atoms with Crippen molar-refractivity contribution < 1.29 is 24.0 Å². The average molecular weight is 435 g/mol. The summed E-state index contributed by atoms with van der Waals surface area (Å²) in [6, 6.07) is 22.8. The highest BCUT2D eigenvalue weighted by Gasteiger charge is 2.21. The predicted octanol–water partition coefficient (Wildman–Crippen LogP) is 3.26. The number of hydrogen-bond donors (Lipinski definition) is 2. The van der Waals surface area contributed by atoms with E-state index in [1.165, 1.54) is 25.1 Å². The second-order valence-corrected chi connectivity index (χ2v) is 6.70. The minimum absolute atomic E-state index is 0.0474. The standard InChI is InChI=1S/C23H21N3O6/c1-16(32-21-10-6-5-9-20(21)26(29)30)23(28)25-24-22(27)15-31-19-13-11-18(12-14-19)17-7-3-2-4-8-17/h2-14,16H,15H2,1H3,(H,24,27)(H,25,28). The van der Waals surface area contributed by atoms with Crippen molar-refractivity contribution in [2.24, 2.45) is 0 Å². The van der Waals surface area contributed by atoms with Crippen LogP contribution in [-0.2, 0) is 9.59 Å². The number of nitro benzene ring substituents is 1. The van der Waals surface area contributed by atoms with Gasteiger partial charge in [-0.15, -0.1) is 0 Å². The number of ether oxygens (including phenoxy) is 2. The van der Waals surface area contributed by atoms with Gasteiger partial charge in [0.1, 0.15) is 5.75 Å². The highest BCUT2D eigenvalue weighted by molar-refractivity contribution is 5.85. The van der Waals surface area contributed by atoms with Crippen molar-refractivity contribution in [3.05, 3.63) is 89.0 Å². The van der Waals surface area contributed by atoms with Crippen LogP contribution in [0.1, 0.15) is 6.92 Å². The molecule has 0 aliphatic rings. The second kappa shape index (κ2) is 10.6. The number of hydrazine groups is 1. The molecule has 3 aromatic carbocycles. The molecule has 3 aromatic rings. The number of rotatable bonds is 8. The highest BCUT2D eigenvalue weighted by atomic mass is 16.6. The first-order valence-corrected chi connectivity index (χ1v) is 9.71. The molecule has 0 saturated carbocycles. The Hall–Kier alpha value is -4.40. The number of carbonyl (C=O) groups is 2. The molecule has 0 radical (unpaired) electrons. The van der Waals surface area contributed by atoms with Crippen LogP contribution in [0, 0.1) is 10.1 Å². The Labute approximate surface area is 184 Å². The molecule has 0 aliphatic heterocycles.